The van der Waals surface area contributed by atoms with Gasteiger partial charge in [0, 0.05) is 27.2 Å². The summed E-state index contributed by atoms with van der Waals surface area (Å²) in [7, 11) is 0. The number of hydrogen-bond donors (Lipinski definition) is 0. The Balaban J connectivity index is 1.35. The van der Waals surface area contributed by atoms with Crippen molar-refractivity contribution in [3.8, 4) is 16.8 Å². The molecule has 0 aliphatic carbocycles. The van der Waals surface area contributed by atoms with E-state index in [1.165, 1.54) is 92.8 Å². The van der Waals surface area contributed by atoms with Crippen LogP contribution in [0.2, 0.25) is 0 Å². The highest BCUT2D eigenvalue weighted by molar-refractivity contribution is 6.23. The van der Waals surface area contributed by atoms with Crippen LogP contribution in [0.15, 0.2) is 140 Å². The highest BCUT2D eigenvalue weighted by Crippen LogP contribution is 2.41. The monoisotopic (exact) mass is 547 g/mol. The van der Waals surface area contributed by atoms with Crippen molar-refractivity contribution < 1.29 is 0 Å². The van der Waals surface area contributed by atoms with E-state index < -0.39 is 0 Å². The predicted molar refractivity (Wildman–Crippen MR) is 186 cm³/mol. The van der Waals surface area contributed by atoms with Gasteiger partial charge in [-0.2, -0.15) is 0 Å². The van der Waals surface area contributed by atoms with Crippen molar-refractivity contribution in [2.75, 3.05) is 0 Å². The van der Waals surface area contributed by atoms with Crippen molar-refractivity contribution in [3.63, 3.8) is 0 Å². The Morgan fingerprint density at radius 3 is 1.47 bits per heavy atom. The second-order valence-corrected chi connectivity index (χ2v) is 11.8. The van der Waals surface area contributed by atoms with Gasteiger partial charge in [0.2, 0.25) is 0 Å². The molecule has 43 heavy (non-hydrogen) atoms. The summed E-state index contributed by atoms with van der Waals surface area (Å²) in [6.45, 7) is 4.51. The maximum Gasteiger partial charge on any atom is 0.0619 e. The van der Waals surface area contributed by atoms with E-state index in [9.17, 15) is 0 Å². The third kappa shape index (κ3) is 3.46. The summed E-state index contributed by atoms with van der Waals surface area (Å²) in [6.07, 6.45) is 0. The molecule has 0 radical (unpaired) electrons. The van der Waals surface area contributed by atoms with Crippen LogP contribution in [0.1, 0.15) is 11.1 Å². The smallest absolute Gasteiger partial charge is 0.0619 e. The van der Waals surface area contributed by atoms with Crippen LogP contribution < -0.4 is 0 Å². The molecule has 1 aromatic heterocycles. The molecule has 0 N–H and O–H groups in total. The predicted octanol–water partition coefficient (Wildman–Crippen LogP) is 11.7. The van der Waals surface area contributed by atoms with E-state index in [1.807, 2.05) is 0 Å². The molecule has 0 saturated heterocycles. The van der Waals surface area contributed by atoms with Crippen LogP contribution in [0, 0.1) is 13.8 Å². The van der Waals surface area contributed by atoms with Gasteiger partial charge in [0.05, 0.1) is 11.0 Å². The summed E-state index contributed by atoms with van der Waals surface area (Å²) in [5.74, 6) is 0. The van der Waals surface area contributed by atoms with E-state index >= 15 is 0 Å². The quantitative estimate of drug-likeness (QED) is 0.190. The van der Waals surface area contributed by atoms with Gasteiger partial charge >= 0.3 is 0 Å². The summed E-state index contributed by atoms with van der Waals surface area (Å²) in [6, 6.07) is 51.5. The molecule has 9 aromatic rings. The third-order valence-corrected chi connectivity index (χ3v) is 9.54. The number of hydrogen-bond acceptors (Lipinski definition) is 0. The fourth-order valence-corrected chi connectivity index (χ4v) is 7.41. The van der Waals surface area contributed by atoms with Gasteiger partial charge in [0.15, 0.2) is 0 Å². The van der Waals surface area contributed by atoms with Crippen LogP contribution in [-0.4, -0.2) is 4.57 Å². The average Bonchev–Trinajstić information content (AvgIpc) is 3.42. The largest absolute Gasteiger partial charge is 0.308 e. The zero-order chi connectivity index (χ0) is 28.7. The number of nitrogens with zero attached hydrogens (tertiary/aromatic N) is 1. The molecule has 0 unspecified atom stereocenters. The molecule has 0 fully saturated rings. The van der Waals surface area contributed by atoms with Gasteiger partial charge in [0.25, 0.3) is 0 Å². The van der Waals surface area contributed by atoms with E-state index in [0.717, 1.165) is 0 Å². The van der Waals surface area contributed by atoms with E-state index in [-0.39, 0.29) is 0 Å². The second-order valence-electron chi connectivity index (χ2n) is 11.8. The Kier molecular flexibility index (Phi) is 5.10. The normalized spacial score (nSPS) is 12.0. The van der Waals surface area contributed by atoms with Gasteiger partial charge in [0.1, 0.15) is 0 Å². The summed E-state index contributed by atoms with van der Waals surface area (Å²) in [5.41, 5.74) is 8.85. The standard InChI is InChI=1S/C42H29N/c1-26-33-14-7-8-15-34(33)27(2)40-25-31(20-21-35(26)40)30-12-9-13-32(24-30)43-41-36-16-5-3-10-28(36)18-22-38(41)39-23-19-29-11-4-6-17-37(29)42(39)43/h3-25H,1-2H3. The Bertz CT molecular complexity index is 2490. The van der Waals surface area contributed by atoms with Crippen LogP contribution in [-0.2, 0) is 0 Å². The van der Waals surface area contributed by atoms with Crippen LogP contribution in [0.25, 0.3) is 81.7 Å². The first-order chi connectivity index (χ1) is 21.2. The lowest BCUT2D eigenvalue weighted by Gasteiger charge is -2.15. The van der Waals surface area contributed by atoms with E-state index in [1.54, 1.807) is 0 Å². The number of aromatic nitrogens is 1. The molecular weight excluding hydrogens is 518 g/mol. The van der Waals surface area contributed by atoms with Gasteiger partial charge in [-0.15, -0.1) is 0 Å². The van der Waals surface area contributed by atoms with Crippen molar-refractivity contribution in [2.45, 2.75) is 13.8 Å². The second kappa shape index (κ2) is 9.05. The number of benzene rings is 8. The lowest BCUT2D eigenvalue weighted by molar-refractivity contribution is 1.19. The van der Waals surface area contributed by atoms with Crippen molar-refractivity contribution in [1.29, 1.82) is 0 Å². The van der Waals surface area contributed by atoms with Gasteiger partial charge in [-0.3, -0.25) is 0 Å². The average molecular weight is 548 g/mol. The zero-order valence-electron chi connectivity index (χ0n) is 24.2. The lowest BCUT2D eigenvalue weighted by atomic mass is 9.91. The van der Waals surface area contributed by atoms with E-state index in [0.29, 0.717) is 0 Å². The molecule has 1 heterocycles. The molecule has 0 aliphatic heterocycles. The molecule has 1 heteroatoms. The molecule has 0 saturated carbocycles. The Labute approximate surface area is 250 Å². The van der Waals surface area contributed by atoms with Crippen LogP contribution in [0.5, 0.6) is 0 Å². The topological polar surface area (TPSA) is 4.93 Å². The molecule has 1 nitrogen and oxygen atoms in total. The Morgan fingerprint density at radius 1 is 0.349 bits per heavy atom. The van der Waals surface area contributed by atoms with E-state index in [2.05, 4.69) is 158 Å². The first kappa shape index (κ1) is 24.2. The molecule has 0 spiro atoms. The fraction of sp³-hybridized carbons (Fsp3) is 0.0476. The van der Waals surface area contributed by atoms with Gasteiger partial charge < -0.3 is 4.57 Å². The summed E-state index contributed by atoms with van der Waals surface area (Å²) < 4.78 is 2.50. The minimum absolute atomic E-state index is 1.18. The molecule has 0 amide bonds. The number of fused-ring (bicyclic) bond motifs is 9. The zero-order valence-corrected chi connectivity index (χ0v) is 24.2. The van der Waals surface area contributed by atoms with Crippen molar-refractivity contribution >= 4 is 64.9 Å². The molecule has 9 rings (SSSR count). The highest BCUT2D eigenvalue weighted by Gasteiger charge is 2.18. The first-order valence-corrected chi connectivity index (χ1v) is 15.0. The summed E-state index contributed by atoms with van der Waals surface area (Å²) in [5, 5.41) is 13.0. The van der Waals surface area contributed by atoms with Gasteiger partial charge in [-0.1, -0.05) is 121 Å². The maximum atomic E-state index is 2.50. The van der Waals surface area contributed by atoms with Gasteiger partial charge in [-0.05, 0) is 86.6 Å². The maximum absolute atomic E-state index is 2.50. The van der Waals surface area contributed by atoms with Crippen LogP contribution in [0.3, 0.4) is 0 Å². The first-order valence-electron chi connectivity index (χ1n) is 15.0. The highest BCUT2D eigenvalue weighted by atomic mass is 15.0. The molecule has 202 valence electrons. The molecular formula is C42H29N. The van der Waals surface area contributed by atoms with Crippen molar-refractivity contribution in [2.24, 2.45) is 0 Å². The summed E-state index contributed by atoms with van der Waals surface area (Å²) >= 11 is 0. The molecule has 8 aromatic carbocycles. The minimum atomic E-state index is 1.18. The van der Waals surface area contributed by atoms with Gasteiger partial charge in [-0.25, -0.2) is 0 Å². The molecule has 0 bridgehead atoms. The Morgan fingerprint density at radius 2 is 0.837 bits per heavy atom. The molecule has 0 aliphatic rings. The minimum Gasteiger partial charge on any atom is -0.308 e. The number of aryl methyl sites for hydroxylation is 2. The SMILES string of the molecule is Cc1c2ccccc2c(C)c2cc(-c3cccc(-n4c5c6ccccc6ccc5c5ccc6ccccc6c54)c3)ccc12. The van der Waals surface area contributed by atoms with Crippen molar-refractivity contribution in [1.82, 2.24) is 4.57 Å². The molecule has 0 atom stereocenters. The number of rotatable bonds is 2. The third-order valence-electron chi connectivity index (χ3n) is 9.54. The fourth-order valence-electron chi connectivity index (χ4n) is 7.41. The van der Waals surface area contributed by atoms with E-state index in [4.69, 9.17) is 0 Å². The van der Waals surface area contributed by atoms with Crippen LogP contribution >= 0.6 is 0 Å². The summed E-state index contributed by atoms with van der Waals surface area (Å²) in [4.78, 5) is 0. The van der Waals surface area contributed by atoms with Crippen molar-refractivity contribution in [3.05, 3.63) is 151 Å². The Hall–Kier alpha value is -5.40. The van der Waals surface area contributed by atoms with Crippen LogP contribution in [0.4, 0.5) is 0 Å². The lowest BCUT2D eigenvalue weighted by Crippen LogP contribution is -1.96.